The van der Waals surface area contributed by atoms with E-state index in [-0.39, 0.29) is 0 Å². The Morgan fingerprint density at radius 1 is 0.288 bits per heavy atom. The lowest BCUT2D eigenvalue weighted by molar-refractivity contribution is 0.629. The van der Waals surface area contributed by atoms with Crippen molar-refractivity contribution < 1.29 is 4.42 Å². The molecule has 280 valence electrons. The summed E-state index contributed by atoms with van der Waals surface area (Å²) in [4.78, 5) is 2.33. The molecular formula is C57H41NO. The highest BCUT2D eigenvalue weighted by atomic mass is 16.3. The topological polar surface area (TPSA) is 16.4 Å². The molecule has 2 heteroatoms. The van der Waals surface area contributed by atoms with Crippen molar-refractivity contribution in [2.24, 2.45) is 0 Å². The second-order valence-electron chi connectivity index (χ2n) is 15.0. The molecule has 59 heavy (non-hydrogen) atoms. The number of benzene rings is 9. The number of hydrogen-bond acceptors (Lipinski definition) is 2. The maximum atomic E-state index is 6.30. The summed E-state index contributed by atoms with van der Waals surface area (Å²) < 4.78 is 6.30. The van der Waals surface area contributed by atoms with Gasteiger partial charge in [-0.05, 0) is 111 Å². The van der Waals surface area contributed by atoms with Gasteiger partial charge in [0.25, 0.3) is 0 Å². The molecule has 0 N–H and O–H groups in total. The fraction of sp³-hybridized carbons (Fsp3) is 0.0175. The minimum absolute atomic E-state index is 0.920. The van der Waals surface area contributed by atoms with E-state index in [9.17, 15) is 0 Å². The van der Waals surface area contributed by atoms with Crippen LogP contribution in [0.3, 0.4) is 0 Å². The summed E-state index contributed by atoms with van der Waals surface area (Å²) in [7, 11) is 0. The lowest BCUT2D eigenvalue weighted by Gasteiger charge is -2.26. The summed E-state index contributed by atoms with van der Waals surface area (Å²) in [5, 5.41) is 1.16. The SMILES string of the molecule is Cc1c(-c2cccc(-c3ccc(-c4ccc(N(c5ccc(-c6ccccc6)cc5)c5ccc(-c6ccc(-c7ccccc7)cc6)cc5)cc4)cc3)c2)oc2ccccc12. The van der Waals surface area contributed by atoms with Crippen LogP contribution in [-0.2, 0) is 0 Å². The lowest BCUT2D eigenvalue weighted by Crippen LogP contribution is -2.09. The predicted octanol–water partition coefficient (Wildman–Crippen LogP) is 16.2. The first-order chi connectivity index (χ1) is 29.1. The largest absolute Gasteiger partial charge is 0.456 e. The molecular weight excluding hydrogens is 715 g/mol. The monoisotopic (exact) mass is 755 g/mol. The minimum atomic E-state index is 0.920. The first-order valence-corrected chi connectivity index (χ1v) is 20.2. The van der Waals surface area contributed by atoms with E-state index in [1.807, 2.05) is 12.1 Å². The molecule has 0 bridgehead atoms. The van der Waals surface area contributed by atoms with Crippen LogP contribution >= 0.6 is 0 Å². The van der Waals surface area contributed by atoms with Gasteiger partial charge in [-0.1, -0.05) is 182 Å². The molecule has 0 amide bonds. The molecule has 0 aliphatic rings. The van der Waals surface area contributed by atoms with E-state index in [2.05, 4.69) is 230 Å². The Morgan fingerprint density at radius 2 is 0.610 bits per heavy atom. The Labute approximate surface area is 345 Å². The van der Waals surface area contributed by atoms with Gasteiger partial charge < -0.3 is 9.32 Å². The molecule has 0 aliphatic carbocycles. The molecule has 0 spiro atoms. The maximum Gasteiger partial charge on any atom is 0.138 e. The zero-order valence-electron chi connectivity index (χ0n) is 32.8. The number of para-hydroxylation sites is 1. The van der Waals surface area contributed by atoms with Crippen molar-refractivity contribution in [1.82, 2.24) is 0 Å². The van der Waals surface area contributed by atoms with Crippen LogP contribution in [0, 0.1) is 6.92 Å². The van der Waals surface area contributed by atoms with E-state index in [1.54, 1.807) is 0 Å². The van der Waals surface area contributed by atoms with Crippen LogP contribution in [0.4, 0.5) is 17.1 Å². The van der Waals surface area contributed by atoms with Gasteiger partial charge >= 0.3 is 0 Å². The normalized spacial score (nSPS) is 11.1. The molecule has 1 aromatic heterocycles. The van der Waals surface area contributed by atoms with E-state index in [4.69, 9.17) is 4.42 Å². The van der Waals surface area contributed by atoms with E-state index in [0.29, 0.717) is 0 Å². The predicted molar refractivity (Wildman–Crippen MR) is 248 cm³/mol. The molecule has 0 unspecified atom stereocenters. The van der Waals surface area contributed by atoms with E-state index >= 15 is 0 Å². The quantitative estimate of drug-likeness (QED) is 0.146. The van der Waals surface area contributed by atoms with Gasteiger partial charge in [-0.2, -0.15) is 0 Å². The third-order valence-corrected chi connectivity index (χ3v) is 11.3. The van der Waals surface area contributed by atoms with E-state index in [1.165, 1.54) is 55.6 Å². The fourth-order valence-electron chi connectivity index (χ4n) is 8.12. The van der Waals surface area contributed by atoms with E-state index < -0.39 is 0 Å². The lowest BCUT2D eigenvalue weighted by atomic mass is 9.97. The molecule has 0 saturated heterocycles. The van der Waals surface area contributed by atoms with Gasteiger partial charge in [0.1, 0.15) is 11.3 Å². The Bertz CT molecular complexity index is 2980. The van der Waals surface area contributed by atoms with Crippen molar-refractivity contribution in [3.05, 3.63) is 236 Å². The number of rotatable bonds is 9. The van der Waals surface area contributed by atoms with Crippen LogP contribution in [0.15, 0.2) is 235 Å². The van der Waals surface area contributed by atoms with Crippen LogP contribution in [0.1, 0.15) is 5.56 Å². The zero-order valence-corrected chi connectivity index (χ0v) is 32.8. The molecule has 10 aromatic rings. The average Bonchev–Trinajstić information content (AvgIpc) is 3.66. The summed E-state index contributed by atoms with van der Waals surface area (Å²) in [6.45, 7) is 2.14. The van der Waals surface area contributed by atoms with Crippen molar-refractivity contribution in [2.45, 2.75) is 6.92 Å². The highest BCUT2D eigenvalue weighted by Crippen LogP contribution is 2.39. The van der Waals surface area contributed by atoms with Crippen LogP contribution in [0.2, 0.25) is 0 Å². The van der Waals surface area contributed by atoms with Gasteiger partial charge in [-0.25, -0.2) is 0 Å². The first-order valence-electron chi connectivity index (χ1n) is 20.2. The minimum Gasteiger partial charge on any atom is -0.456 e. The van der Waals surface area contributed by atoms with Crippen molar-refractivity contribution in [3.63, 3.8) is 0 Å². The van der Waals surface area contributed by atoms with Crippen molar-refractivity contribution >= 4 is 28.0 Å². The molecule has 0 aliphatic heterocycles. The first kappa shape index (κ1) is 35.7. The molecule has 0 radical (unpaired) electrons. The fourth-order valence-corrected chi connectivity index (χ4v) is 8.12. The molecule has 1 heterocycles. The number of anilines is 3. The Morgan fingerprint density at radius 3 is 1.03 bits per heavy atom. The van der Waals surface area contributed by atoms with Gasteiger partial charge in [0.05, 0.1) is 0 Å². The average molecular weight is 756 g/mol. The number of nitrogens with zero attached hydrogens (tertiary/aromatic N) is 1. The summed E-state index contributed by atoms with van der Waals surface area (Å²) in [6.07, 6.45) is 0. The second-order valence-corrected chi connectivity index (χ2v) is 15.0. The van der Waals surface area contributed by atoms with Crippen molar-refractivity contribution in [2.75, 3.05) is 4.90 Å². The highest BCUT2D eigenvalue weighted by Gasteiger charge is 2.15. The van der Waals surface area contributed by atoms with Crippen molar-refractivity contribution in [1.29, 1.82) is 0 Å². The van der Waals surface area contributed by atoms with Crippen LogP contribution in [0.25, 0.3) is 77.9 Å². The number of aryl methyl sites for hydroxylation is 1. The van der Waals surface area contributed by atoms with Crippen LogP contribution in [0.5, 0.6) is 0 Å². The number of fused-ring (bicyclic) bond motifs is 1. The number of furan rings is 1. The third kappa shape index (κ3) is 7.25. The molecule has 0 fully saturated rings. The van der Waals surface area contributed by atoms with Crippen LogP contribution < -0.4 is 4.90 Å². The molecule has 0 saturated carbocycles. The Hall–Kier alpha value is -7.68. The smallest absolute Gasteiger partial charge is 0.138 e. The summed E-state index contributed by atoms with van der Waals surface area (Å²) in [6, 6.07) is 82.3. The number of hydrogen-bond donors (Lipinski definition) is 0. The van der Waals surface area contributed by atoms with E-state index in [0.717, 1.165) is 44.9 Å². The Kier molecular flexibility index (Phi) is 9.50. The van der Waals surface area contributed by atoms with Gasteiger partial charge in [-0.15, -0.1) is 0 Å². The highest BCUT2D eigenvalue weighted by molar-refractivity contribution is 5.88. The summed E-state index contributed by atoms with van der Waals surface area (Å²) >= 11 is 0. The molecule has 10 rings (SSSR count). The van der Waals surface area contributed by atoms with Gasteiger partial charge in [0, 0.05) is 33.6 Å². The van der Waals surface area contributed by atoms with Gasteiger partial charge in [-0.3, -0.25) is 0 Å². The molecule has 2 nitrogen and oxygen atoms in total. The second kappa shape index (κ2) is 15.7. The summed E-state index contributed by atoms with van der Waals surface area (Å²) in [5.41, 5.74) is 18.3. The van der Waals surface area contributed by atoms with Crippen LogP contribution in [-0.4, -0.2) is 0 Å². The molecule has 9 aromatic carbocycles. The molecule has 0 atom stereocenters. The van der Waals surface area contributed by atoms with Gasteiger partial charge in [0.2, 0.25) is 0 Å². The van der Waals surface area contributed by atoms with Crippen molar-refractivity contribution in [3.8, 4) is 67.0 Å². The summed E-state index contributed by atoms with van der Waals surface area (Å²) in [5.74, 6) is 0.927. The standard InChI is InChI=1S/C57H41NO/c1-40-55-17-8-9-18-56(55)59-57(40)51-16-10-15-50(39-51)49-25-23-45(24-26-49)48-31-37-54(38-32-48)58(52-33-27-46(28-34-52)42-13-6-3-7-14-42)53-35-29-47(30-36-53)44-21-19-43(20-22-44)41-11-4-2-5-12-41/h2-39H,1H3. The third-order valence-electron chi connectivity index (χ3n) is 11.3. The van der Waals surface area contributed by atoms with Gasteiger partial charge in [0.15, 0.2) is 0 Å². The Balaban J connectivity index is 0.929. The zero-order chi connectivity index (χ0) is 39.5. The maximum absolute atomic E-state index is 6.30.